The number of carbonyl (C=O) groups excluding carboxylic acids is 3. The van der Waals surface area contributed by atoms with Crippen molar-refractivity contribution >= 4 is 43.5 Å². The third kappa shape index (κ3) is 11.9. The molecule has 0 aromatic carbocycles. The van der Waals surface area contributed by atoms with E-state index in [2.05, 4.69) is 22.6 Å². The third-order valence-electron chi connectivity index (χ3n) is 0.597. The number of nitrogens with zero attached hydrogens (tertiary/aromatic N) is 2. The van der Waals surface area contributed by atoms with Crippen molar-refractivity contribution in [1.82, 2.24) is 5.32 Å². The van der Waals surface area contributed by atoms with E-state index in [4.69, 9.17) is 0 Å². The Morgan fingerprint density at radius 3 is 1.92 bits per heavy atom. The van der Waals surface area contributed by atoms with Gasteiger partial charge in [-0.25, -0.2) is 9.59 Å². The fourth-order valence-corrected chi connectivity index (χ4v) is 0.404. The van der Waals surface area contributed by atoms with E-state index < -0.39 is 11.5 Å². The fraction of sp³-hybridized carbons (Fsp3) is 0.250. The summed E-state index contributed by atoms with van der Waals surface area (Å²) in [5, 5.41) is 1.03. The molecule has 0 aliphatic heterocycles. The smallest absolute Gasteiger partial charge is 0.238 e. The molecular weight excluding hydrogens is 291 g/mol. The maximum Gasteiger partial charge on any atom is 0.238 e. The van der Waals surface area contributed by atoms with Gasteiger partial charge < -0.3 is 36.2 Å². The first-order valence-electron chi connectivity index (χ1n) is 2.32. The van der Waals surface area contributed by atoms with Gasteiger partial charge in [-0.1, -0.05) is 0 Å². The number of aliphatic imine (C=N–C) groups is 2. The summed E-state index contributed by atoms with van der Waals surface area (Å²) in [6.45, 7) is 0. The molecule has 9 heteroatoms. The van der Waals surface area contributed by atoms with Gasteiger partial charge in [0.15, 0.2) is 0 Å². The van der Waals surface area contributed by atoms with Crippen molar-refractivity contribution in [3.8, 4) is 0 Å². The molecule has 6 nitrogen and oxygen atoms in total. The molecule has 0 rings (SSSR count). The van der Waals surface area contributed by atoms with Gasteiger partial charge in [0.1, 0.15) is 5.24 Å². The summed E-state index contributed by atoms with van der Waals surface area (Å²) >= 11 is 4.05. The van der Waals surface area contributed by atoms with Crippen LogP contribution in [0.1, 0.15) is 0 Å². The summed E-state index contributed by atoms with van der Waals surface area (Å²) in [7, 11) is 0. The van der Waals surface area contributed by atoms with Crippen LogP contribution >= 0.6 is 0 Å². The summed E-state index contributed by atoms with van der Waals surface area (Å²) in [5.74, 6) is 0. The Bertz CT molecular complexity index is 231. The van der Waals surface area contributed by atoms with Crippen LogP contribution in [0.25, 0.3) is 0 Å². The number of nitrogens with one attached hydrogen (secondary N) is 1. The summed E-state index contributed by atoms with van der Waals surface area (Å²) in [5.41, 5.74) is 0. The minimum Gasteiger partial charge on any atom is -0.813 e. The molecule has 0 saturated heterocycles. The van der Waals surface area contributed by atoms with Crippen LogP contribution in [0.2, 0.25) is 0 Å². The Morgan fingerprint density at radius 2 is 1.69 bits per heavy atom. The number of thiol groups is 1. The van der Waals surface area contributed by atoms with Crippen LogP contribution in [-0.2, 0) is 68.4 Å². The van der Waals surface area contributed by atoms with Crippen LogP contribution in [0, 0.1) is 0 Å². The summed E-state index contributed by atoms with van der Waals surface area (Å²) in [6, 6.07) is 0. The van der Waals surface area contributed by atoms with E-state index in [1.54, 1.807) is 0 Å². The van der Waals surface area contributed by atoms with E-state index >= 15 is 0 Å². The zero-order valence-corrected chi connectivity index (χ0v) is 10.7. The monoisotopic (exact) mass is 294 g/mol. The molecule has 1 amide bonds. The zero-order chi connectivity index (χ0) is 8.69. The molecule has 0 aromatic rings. The standard InChI is InChI=1S/C4H3N3O3S.H2S.Y/c8-1-5-3(6-2-9)7-4(10)11;;/h3H,(H2,7,10,11);1H2;/p-2. The predicted octanol–water partition coefficient (Wildman–Crippen LogP) is -1.07. The second-order valence-electron chi connectivity index (χ2n) is 1.25. The Kier molecular flexibility index (Phi) is 17.1. The summed E-state index contributed by atoms with van der Waals surface area (Å²) in [4.78, 5) is 35.2. The predicted molar refractivity (Wildman–Crippen MR) is 44.7 cm³/mol. The Labute approximate surface area is 111 Å². The topological polar surface area (TPSA) is 88.0 Å². The van der Waals surface area contributed by atoms with E-state index in [1.807, 2.05) is 5.32 Å². The molecule has 0 heterocycles. The molecule has 0 atom stereocenters. The molecule has 0 aliphatic rings. The van der Waals surface area contributed by atoms with Crippen LogP contribution in [0.15, 0.2) is 9.98 Å². The van der Waals surface area contributed by atoms with Crippen molar-refractivity contribution in [3.63, 3.8) is 0 Å². The Balaban J connectivity index is -0.000000500. The van der Waals surface area contributed by atoms with Gasteiger partial charge >= 0.3 is 0 Å². The van der Waals surface area contributed by atoms with Gasteiger partial charge in [-0.3, -0.25) is 0 Å². The zero-order valence-electron chi connectivity index (χ0n) is 6.13. The van der Waals surface area contributed by atoms with Crippen LogP contribution in [0.3, 0.4) is 0 Å². The van der Waals surface area contributed by atoms with E-state index in [9.17, 15) is 14.4 Å². The van der Waals surface area contributed by atoms with Crippen LogP contribution in [0.5, 0.6) is 0 Å². The van der Waals surface area contributed by atoms with Crippen LogP contribution in [0.4, 0.5) is 4.79 Å². The summed E-state index contributed by atoms with van der Waals surface area (Å²) in [6.07, 6.45) is 0.902. The SMILES string of the molecule is O=C=NC(N=C=O)NC(=O)[S-].[SH-].[Y]. The molecule has 0 spiro atoms. The molecule has 13 heavy (non-hydrogen) atoms. The van der Waals surface area contributed by atoms with E-state index in [0.29, 0.717) is 0 Å². The first-order chi connectivity index (χ1) is 5.20. The number of carbonyl (C=O) groups is 1. The van der Waals surface area contributed by atoms with Crippen LogP contribution in [-0.4, -0.2) is 23.7 Å². The molecule has 0 saturated carbocycles. The first-order valence-corrected chi connectivity index (χ1v) is 2.73. The number of amides is 1. The first kappa shape index (κ1) is 18.6. The number of rotatable bonds is 3. The maximum atomic E-state index is 10.1. The normalized spacial score (nSPS) is 8.62. The number of isocyanates is 2. The van der Waals surface area contributed by atoms with Crippen molar-refractivity contribution in [2.45, 2.75) is 6.29 Å². The van der Waals surface area contributed by atoms with E-state index in [-0.39, 0.29) is 46.2 Å². The number of hydrogen-bond donors (Lipinski definition) is 1. The van der Waals surface area contributed by atoms with Gasteiger partial charge in [-0.2, -0.15) is 9.98 Å². The summed E-state index contributed by atoms with van der Waals surface area (Å²) < 4.78 is 0. The van der Waals surface area contributed by atoms with Gasteiger partial charge in [-0.15, -0.1) is 0 Å². The number of hydrogen-bond acceptors (Lipinski definition) is 7. The second kappa shape index (κ2) is 11.9. The minimum absolute atomic E-state index is 0. The van der Waals surface area contributed by atoms with E-state index in [1.165, 1.54) is 0 Å². The average Bonchev–Trinajstić information content (AvgIpc) is 1.87. The molecule has 69 valence electrons. The Morgan fingerprint density at radius 1 is 1.31 bits per heavy atom. The molecule has 1 radical (unpaired) electrons. The Hall–Kier alpha value is -0.0961. The molecular formula is C4H3N3O3S2Y-2. The minimum atomic E-state index is -1.30. The van der Waals surface area contributed by atoms with Crippen molar-refractivity contribution in [1.29, 1.82) is 0 Å². The van der Waals surface area contributed by atoms with Crippen molar-refractivity contribution in [2.24, 2.45) is 9.98 Å². The largest absolute Gasteiger partial charge is 0.813 e. The molecule has 0 fully saturated rings. The van der Waals surface area contributed by atoms with E-state index in [0.717, 1.165) is 12.2 Å². The van der Waals surface area contributed by atoms with Gasteiger partial charge in [0, 0.05) is 32.7 Å². The molecule has 0 bridgehead atoms. The third-order valence-corrected chi connectivity index (χ3v) is 0.715. The molecule has 0 unspecified atom stereocenters. The molecule has 0 aliphatic carbocycles. The van der Waals surface area contributed by atoms with Gasteiger partial charge in [0.05, 0.1) is 0 Å². The van der Waals surface area contributed by atoms with Crippen LogP contribution < -0.4 is 5.32 Å². The molecule has 0 aromatic heterocycles. The van der Waals surface area contributed by atoms with Crippen molar-refractivity contribution in [3.05, 3.63) is 0 Å². The second-order valence-corrected chi connectivity index (χ2v) is 1.62. The van der Waals surface area contributed by atoms with Gasteiger partial charge in [-0.05, 0) is 0 Å². The van der Waals surface area contributed by atoms with Gasteiger partial charge in [0.2, 0.25) is 18.4 Å². The van der Waals surface area contributed by atoms with Crippen molar-refractivity contribution in [2.75, 3.05) is 0 Å². The average molecular weight is 294 g/mol. The van der Waals surface area contributed by atoms with Gasteiger partial charge in [0.25, 0.3) is 0 Å². The molecule has 1 N–H and O–H groups in total. The van der Waals surface area contributed by atoms with Crippen molar-refractivity contribution < 1.29 is 47.1 Å². The maximum absolute atomic E-state index is 10.1. The quantitative estimate of drug-likeness (QED) is 0.310. The fourth-order valence-electron chi connectivity index (χ4n) is 0.299.